The van der Waals surface area contributed by atoms with E-state index < -0.39 is 48.8 Å². The van der Waals surface area contributed by atoms with E-state index in [-0.39, 0.29) is 31.3 Å². The predicted octanol–water partition coefficient (Wildman–Crippen LogP) is -0.954. The third kappa shape index (κ3) is 16.0. The van der Waals surface area contributed by atoms with Crippen molar-refractivity contribution < 1.29 is 34.2 Å². The predicted molar refractivity (Wildman–Crippen MR) is 120 cm³/mol. The molecule has 0 fully saturated rings. The van der Waals surface area contributed by atoms with Gasteiger partial charge in [0.1, 0.15) is 12.1 Å². The Labute approximate surface area is 192 Å². The minimum absolute atomic E-state index is 0.0990. The van der Waals surface area contributed by atoms with Gasteiger partial charge >= 0.3 is 11.9 Å². The molecule has 2 atom stereocenters. The van der Waals surface area contributed by atoms with Crippen LogP contribution in [0.15, 0.2) is 4.99 Å². The fraction of sp³-hybridized carbons (Fsp3) is 0.700. The zero-order valence-corrected chi connectivity index (χ0v) is 19.0. The molecule has 0 saturated heterocycles. The van der Waals surface area contributed by atoms with Gasteiger partial charge in [0.05, 0.1) is 13.0 Å². The molecule has 13 heteroatoms. The van der Waals surface area contributed by atoms with Gasteiger partial charge in [0.2, 0.25) is 17.7 Å². The van der Waals surface area contributed by atoms with Crippen LogP contribution < -0.4 is 27.4 Å². The Balaban J connectivity index is 4.79. The van der Waals surface area contributed by atoms with E-state index in [0.717, 1.165) is 25.7 Å². The Morgan fingerprint density at radius 2 is 1.52 bits per heavy atom. The van der Waals surface area contributed by atoms with Crippen LogP contribution in [0.2, 0.25) is 0 Å². The van der Waals surface area contributed by atoms with Crippen LogP contribution in [0.25, 0.3) is 0 Å². The van der Waals surface area contributed by atoms with Crippen molar-refractivity contribution in [2.24, 2.45) is 16.5 Å². The van der Waals surface area contributed by atoms with Gasteiger partial charge in [0, 0.05) is 13.0 Å². The van der Waals surface area contributed by atoms with Crippen LogP contribution in [0.5, 0.6) is 0 Å². The first-order valence-electron chi connectivity index (χ1n) is 10.9. The zero-order chi connectivity index (χ0) is 25.2. The topological polar surface area (TPSA) is 226 Å². The molecular weight excluding hydrogens is 436 g/mol. The second kappa shape index (κ2) is 17.2. The number of hydrogen-bond donors (Lipinski definition) is 7. The summed E-state index contributed by atoms with van der Waals surface area (Å²) in [7, 11) is 0. The van der Waals surface area contributed by atoms with Crippen LogP contribution in [0.4, 0.5) is 0 Å². The Morgan fingerprint density at radius 1 is 0.879 bits per heavy atom. The van der Waals surface area contributed by atoms with Gasteiger partial charge in [0.25, 0.3) is 0 Å². The molecule has 0 aromatic carbocycles. The molecule has 0 aliphatic heterocycles. The highest BCUT2D eigenvalue weighted by Gasteiger charge is 2.24. The molecule has 0 aliphatic carbocycles. The molecule has 13 nitrogen and oxygen atoms in total. The Kier molecular flexibility index (Phi) is 15.4. The summed E-state index contributed by atoms with van der Waals surface area (Å²) < 4.78 is 0. The van der Waals surface area contributed by atoms with Crippen LogP contribution in [-0.4, -0.2) is 71.0 Å². The van der Waals surface area contributed by atoms with Crippen molar-refractivity contribution in [3.05, 3.63) is 0 Å². The van der Waals surface area contributed by atoms with E-state index in [9.17, 15) is 24.0 Å². The third-order valence-corrected chi connectivity index (χ3v) is 4.54. The molecular formula is C20H36N6O7. The van der Waals surface area contributed by atoms with E-state index in [2.05, 4.69) is 22.5 Å². The van der Waals surface area contributed by atoms with Crippen LogP contribution in [0, 0.1) is 0 Å². The largest absolute Gasteiger partial charge is 0.481 e. The van der Waals surface area contributed by atoms with Crippen molar-refractivity contribution >= 4 is 35.6 Å². The quantitative estimate of drug-likeness (QED) is 0.0739. The molecule has 188 valence electrons. The number of unbranched alkanes of at least 4 members (excludes halogenated alkanes) is 4. The lowest BCUT2D eigenvalue weighted by Crippen LogP contribution is -2.51. The van der Waals surface area contributed by atoms with Crippen LogP contribution in [-0.2, 0) is 24.0 Å². The lowest BCUT2D eigenvalue weighted by Gasteiger charge is -2.19. The van der Waals surface area contributed by atoms with Crippen LogP contribution >= 0.6 is 0 Å². The Hall–Kier alpha value is -3.38. The molecule has 0 aromatic rings. The Bertz CT molecular complexity index is 694. The SMILES string of the molecule is CCCCCCCC(=O)N[C@@H](CCCN=C(N)N)C(=O)NCC(=O)N[C@@H](CC(=O)O)C(=O)O. The average molecular weight is 473 g/mol. The maximum atomic E-state index is 12.5. The van der Waals surface area contributed by atoms with Crippen molar-refractivity contribution in [2.75, 3.05) is 13.1 Å². The number of rotatable bonds is 18. The summed E-state index contributed by atoms with van der Waals surface area (Å²) >= 11 is 0. The summed E-state index contributed by atoms with van der Waals surface area (Å²) in [6.07, 6.45) is 4.85. The maximum Gasteiger partial charge on any atom is 0.326 e. The number of carboxylic acid groups (broad SMARTS) is 2. The maximum absolute atomic E-state index is 12.5. The molecule has 33 heavy (non-hydrogen) atoms. The van der Waals surface area contributed by atoms with Crippen molar-refractivity contribution in [1.29, 1.82) is 0 Å². The van der Waals surface area contributed by atoms with Gasteiger partial charge in [0.15, 0.2) is 5.96 Å². The van der Waals surface area contributed by atoms with Gasteiger partial charge in [-0.2, -0.15) is 0 Å². The zero-order valence-electron chi connectivity index (χ0n) is 19.0. The molecule has 0 heterocycles. The number of carboxylic acids is 2. The van der Waals surface area contributed by atoms with Gasteiger partial charge in [-0.25, -0.2) is 4.79 Å². The van der Waals surface area contributed by atoms with Gasteiger partial charge in [-0.15, -0.1) is 0 Å². The lowest BCUT2D eigenvalue weighted by molar-refractivity contribution is -0.147. The summed E-state index contributed by atoms with van der Waals surface area (Å²) in [5.74, 6) is -4.83. The summed E-state index contributed by atoms with van der Waals surface area (Å²) in [6, 6.07) is -2.57. The summed E-state index contributed by atoms with van der Waals surface area (Å²) in [5.41, 5.74) is 10.5. The number of nitrogens with zero attached hydrogens (tertiary/aromatic N) is 1. The third-order valence-electron chi connectivity index (χ3n) is 4.54. The van der Waals surface area contributed by atoms with Gasteiger partial charge in [-0.05, 0) is 19.3 Å². The fourth-order valence-electron chi connectivity index (χ4n) is 2.84. The highest BCUT2D eigenvalue weighted by atomic mass is 16.4. The van der Waals surface area contributed by atoms with Crippen LogP contribution in [0.1, 0.15) is 64.7 Å². The minimum atomic E-state index is -1.63. The number of aliphatic imine (C=N–C) groups is 1. The van der Waals surface area contributed by atoms with E-state index >= 15 is 0 Å². The number of hydrogen-bond acceptors (Lipinski definition) is 6. The van der Waals surface area contributed by atoms with Gasteiger partial charge < -0.3 is 37.6 Å². The molecule has 0 aromatic heterocycles. The first-order chi connectivity index (χ1) is 15.6. The monoisotopic (exact) mass is 472 g/mol. The van der Waals surface area contributed by atoms with E-state index in [4.69, 9.17) is 21.7 Å². The molecule has 3 amide bonds. The molecule has 0 rings (SSSR count). The number of amides is 3. The second-order valence-corrected chi connectivity index (χ2v) is 7.51. The number of nitrogens with two attached hydrogens (primary N) is 2. The molecule has 0 radical (unpaired) electrons. The summed E-state index contributed by atoms with van der Waals surface area (Å²) in [6.45, 7) is 1.75. The van der Waals surface area contributed by atoms with Crippen molar-refractivity contribution in [3.63, 3.8) is 0 Å². The fourth-order valence-corrected chi connectivity index (χ4v) is 2.84. The molecule has 0 bridgehead atoms. The highest BCUT2D eigenvalue weighted by Crippen LogP contribution is 2.06. The summed E-state index contributed by atoms with van der Waals surface area (Å²) in [4.78, 5) is 62.2. The molecule has 0 aliphatic rings. The molecule has 9 N–H and O–H groups in total. The lowest BCUT2D eigenvalue weighted by atomic mass is 10.1. The van der Waals surface area contributed by atoms with Crippen molar-refractivity contribution in [1.82, 2.24) is 16.0 Å². The number of aliphatic carboxylic acids is 2. The standard InChI is InChI=1S/C20H36N6O7/c1-2-3-4-5-6-9-15(27)25-13(8-7-10-23-20(21)22)18(31)24-12-16(28)26-14(19(32)33)11-17(29)30/h13-14H,2-12H2,1H3,(H,24,31)(H,25,27)(H,26,28)(H,29,30)(H,32,33)(H4,21,22,23)/t13-,14-/m0/s1. The molecule has 0 unspecified atom stereocenters. The van der Waals surface area contributed by atoms with Gasteiger partial charge in [-0.1, -0.05) is 32.6 Å². The molecule has 0 spiro atoms. The normalized spacial score (nSPS) is 12.2. The number of carbonyl (C=O) groups excluding carboxylic acids is 3. The summed E-state index contributed by atoms with van der Waals surface area (Å²) in [5, 5.41) is 24.7. The Morgan fingerprint density at radius 3 is 2.09 bits per heavy atom. The first-order valence-corrected chi connectivity index (χ1v) is 10.9. The van der Waals surface area contributed by atoms with E-state index in [1.807, 2.05) is 5.32 Å². The van der Waals surface area contributed by atoms with Crippen molar-refractivity contribution in [3.8, 4) is 0 Å². The van der Waals surface area contributed by atoms with Gasteiger partial charge in [-0.3, -0.25) is 24.2 Å². The average Bonchev–Trinajstić information content (AvgIpc) is 2.72. The van der Waals surface area contributed by atoms with E-state index in [1.165, 1.54) is 0 Å². The van der Waals surface area contributed by atoms with Crippen molar-refractivity contribution in [2.45, 2.75) is 76.8 Å². The number of nitrogens with one attached hydrogen (secondary N) is 3. The number of guanidine groups is 1. The first kappa shape index (κ1) is 29.6. The highest BCUT2D eigenvalue weighted by molar-refractivity contribution is 5.92. The number of carbonyl (C=O) groups is 5. The van der Waals surface area contributed by atoms with Crippen LogP contribution in [0.3, 0.4) is 0 Å². The minimum Gasteiger partial charge on any atom is -0.481 e. The molecule has 0 saturated carbocycles. The van der Waals surface area contributed by atoms with E-state index in [0.29, 0.717) is 12.8 Å². The van der Waals surface area contributed by atoms with E-state index in [1.54, 1.807) is 0 Å². The second-order valence-electron chi connectivity index (χ2n) is 7.51. The smallest absolute Gasteiger partial charge is 0.326 e.